The molecular weight excluding hydrogens is 361 g/mol. The van der Waals surface area contributed by atoms with Crippen LogP contribution in [0.3, 0.4) is 0 Å². The Balaban J connectivity index is 2.53. The number of carbonyl (C=O) groups excluding carboxylic acids is 3. The second-order valence-electron chi connectivity index (χ2n) is 7.74. The summed E-state index contributed by atoms with van der Waals surface area (Å²) in [4.78, 5) is 40.3. The molecule has 1 heterocycles. The van der Waals surface area contributed by atoms with Crippen LogP contribution in [0.5, 0.6) is 0 Å². The summed E-state index contributed by atoms with van der Waals surface area (Å²) in [5.74, 6) is -1.07. The van der Waals surface area contributed by atoms with Gasteiger partial charge in [0.05, 0.1) is 12.2 Å². The van der Waals surface area contributed by atoms with Crippen molar-refractivity contribution in [2.75, 3.05) is 46.3 Å². The monoisotopic (exact) mass is 395 g/mol. The van der Waals surface area contributed by atoms with E-state index in [9.17, 15) is 19.6 Å². The molecule has 1 aliphatic rings. The molecule has 0 bridgehead atoms. The van der Waals surface area contributed by atoms with E-state index in [4.69, 9.17) is 7.85 Å². The smallest absolute Gasteiger partial charge is 0.242 e. The normalized spacial score (nSPS) is 17.9. The van der Waals surface area contributed by atoms with Gasteiger partial charge in [0.25, 0.3) is 0 Å². The first-order valence-corrected chi connectivity index (χ1v) is 9.91. The van der Waals surface area contributed by atoms with Crippen molar-refractivity contribution in [3.05, 3.63) is 0 Å². The largest absolute Gasteiger partial charge is 0.348 e. The Morgan fingerprint density at radius 3 is 2.25 bits per heavy atom. The quantitative estimate of drug-likeness (QED) is 0.185. The van der Waals surface area contributed by atoms with Crippen molar-refractivity contribution < 1.29 is 19.6 Å². The predicted octanol–water partition coefficient (Wildman–Crippen LogP) is -1.30. The van der Waals surface area contributed by atoms with Crippen LogP contribution in [-0.2, 0) is 14.4 Å². The van der Waals surface area contributed by atoms with Gasteiger partial charge in [0, 0.05) is 26.2 Å². The fraction of sp³-hybridized carbons (Fsp3) is 0.833. The van der Waals surface area contributed by atoms with Gasteiger partial charge in [-0.05, 0) is 38.8 Å². The summed E-state index contributed by atoms with van der Waals surface area (Å²) in [7, 11) is 7.18. The van der Waals surface area contributed by atoms with E-state index in [2.05, 4.69) is 27.5 Å². The molecule has 2 radical (unpaired) electrons. The van der Waals surface area contributed by atoms with E-state index in [1.165, 1.54) is 0 Å². The minimum absolute atomic E-state index is 0.156. The Kier molecular flexibility index (Phi) is 11.3. The van der Waals surface area contributed by atoms with Crippen molar-refractivity contribution in [2.45, 2.75) is 45.2 Å². The van der Waals surface area contributed by atoms with E-state index in [0.29, 0.717) is 6.42 Å². The first kappa shape index (κ1) is 24.6. The van der Waals surface area contributed by atoms with E-state index in [-0.39, 0.29) is 12.5 Å². The third-order valence-electron chi connectivity index (χ3n) is 4.97. The Labute approximate surface area is 168 Å². The van der Waals surface area contributed by atoms with Gasteiger partial charge in [-0.25, -0.2) is 0 Å². The number of rotatable bonds is 12. The van der Waals surface area contributed by atoms with Gasteiger partial charge in [-0.3, -0.25) is 9.59 Å². The number of unbranched alkanes of at least 4 members (excludes halogenated alkanes) is 1. The lowest BCUT2D eigenvalue weighted by Crippen LogP contribution is -2.54. The third-order valence-corrected chi connectivity index (χ3v) is 4.97. The number of hydrogen-bond acceptors (Lipinski definition) is 7. The van der Waals surface area contributed by atoms with Crippen molar-refractivity contribution in [1.82, 2.24) is 25.9 Å². The van der Waals surface area contributed by atoms with Crippen LogP contribution in [-0.4, -0.2) is 98.8 Å². The molecule has 9 nitrogen and oxygen atoms in total. The average Bonchev–Trinajstić information content (AvgIpc) is 2.63. The Hall–Kier alpha value is -1.49. The Morgan fingerprint density at radius 2 is 1.71 bits per heavy atom. The van der Waals surface area contributed by atoms with Gasteiger partial charge in [0.1, 0.15) is 12.1 Å². The summed E-state index contributed by atoms with van der Waals surface area (Å²) >= 11 is 0. The van der Waals surface area contributed by atoms with Crippen molar-refractivity contribution in [1.29, 1.82) is 0 Å². The van der Waals surface area contributed by atoms with Crippen LogP contribution in [0.1, 0.15) is 33.1 Å². The summed E-state index contributed by atoms with van der Waals surface area (Å²) in [6, 6.07) is -1.61. The molecule has 28 heavy (non-hydrogen) atoms. The van der Waals surface area contributed by atoms with Crippen LogP contribution in [0.2, 0.25) is 0 Å². The highest BCUT2D eigenvalue weighted by molar-refractivity contribution is 6.58. The van der Waals surface area contributed by atoms with Crippen molar-refractivity contribution in [2.24, 2.45) is 5.92 Å². The number of nitrogens with one attached hydrogen (secondary N) is 3. The molecule has 0 aromatic rings. The van der Waals surface area contributed by atoms with Crippen LogP contribution in [0.25, 0.3) is 0 Å². The van der Waals surface area contributed by atoms with Gasteiger partial charge in [-0.1, -0.05) is 13.8 Å². The standard InChI is InChI=1S/C18H34BN5O4/c1-13(2)16(22-28)18(27)21-14(17(26)20-12-15(19)25)6-4-5-7-24-10-8-23(3)9-11-24/h13-14,16,22,28H,4-12H2,1-3H3,(H,20,26)(H,21,27)/t14-,16-/m0/s1. The molecule has 1 saturated heterocycles. The van der Waals surface area contributed by atoms with Crippen molar-refractivity contribution in [3.63, 3.8) is 0 Å². The predicted molar refractivity (Wildman–Crippen MR) is 107 cm³/mol. The van der Waals surface area contributed by atoms with Crippen LogP contribution in [0.4, 0.5) is 0 Å². The Bertz CT molecular complexity index is 512. The zero-order valence-electron chi connectivity index (χ0n) is 17.2. The summed E-state index contributed by atoms with van der Waals surface area (Å²) in [5, 5.41) is 14.3. The SMILES string of the molecule is [B]C(=O)CNC(=O)[C@H](CCCCN1CCN(C)CC1)NC(=O)[C@@H](NO)C(C)C. The van der Waals surface area contributed by atoms with Crippen molar-refractivity contribution in [3.8, 4) is 0 Å². The van der Waals surface area contributed by atoms with Gasteiger partial charge >= 0.3 is 0 Å². The highest BCUT2D eigenvalue weighted by atomic mass is 16.5. The van der Waals surface area contributed by atoms with Gasteiger partial charge in [-0.15, -0.1) is 0 Å². The molecule has 0 saturated carbocycles. The maximum atomic E-state index is 12.4. The lowest BCUT2D eigenvalue weighted by molar-refractivity contribution is -0.132. The van der Waals surface area contributed by atoms with E-state index in [1.54, 1.807) is 13.8 Å². The number of likely N-dealkylation sites (N-methyl/N-ethyl adjacent to an activating group) is 1. The first-order chi connectivity index (χ1) is 13.2. The summed E-state index contributed by atoms with van der Waals surface area (Å²) in [6.07, 6.45) is 2.10. The zero-order valence-corrected chi connectivity index (χ0v) is 17.2. The second kappa shape index (κ2) is 12.9. The molecule has 1 rings (SSSR count). The number of hydroxylamine groups is 1. The number of hydrogen-bond donors (Lipinski definition) is 4. The lowest BCUT2D eigenvalue weighted by atomic mass is 10.0. The molecule has 0 spiro atoms. The van der Waals surface area contributed by atoms with Crippen LogP contribution < -0.4 is 16.1 Å². The molecule has 2 amide bonds. The number of carbonyl (C=O) groups is 3. The maximum absolute atomic E-state index is 12.4. The first-order valence-electron chi connectivity index (χ1n) is 9.91. The van der Waals surface area contributed by atoms with E-state index in [0.717, 1.165) is 45.6 Å². The third kappa shape index (κ3) is 9.14. The number of amides is 2. The van der Waals surface area contributed by atoms with E-state index >= 15 is 0 Å². The molecule has 1 fully saturated rings. The fourth-order valence-corrected chi connectivity index (χ4v) is 3.09. The van der Waals surface area contributed by atoms with Crippen molar-refractivity contribution >= 4 is 25.3 Å². The van der Waals surface area contributed by atoms with Gasteiger partial charge in [0.15, 0.2) is 7.85 Å². The molecule has 1 aliphatic heterocycles. The van der Waals surface area contributed by atoms with Gasteiger partial charge in [0.2, 0.25) is 11.8 Å². The minimum Gasteiger partial charge on any atom is -0.348 e. The minimum atomic E-state index is -0.822. The second-order valence-corrected chi connectivity index (χ2v) is 7.74. The number of piperazine rings is 1. The molecule has 0 unspecified atom stereocenters. The average molecular weight is 395 g/mol. The Morgan fingerprint density at radius 1 is 1.07 bits per heavy atom. The molecule has 158 valence electrons. The zero-order chi connectivity index (χ0) is 21.1. The topological polar surface area (TPSA) is 114 Å². The van der Waals surface area contributed by atoms with E-state index < -0.39 is 29.6 Å². The number of nitrogens with zero attached hydrogens (tertiary/aromatic N) is 2. The fourth-order valence-electron chi connectivity index (χ4n) is 3.09. The summed E-state index contributed by atoms with van der Waals surface area (Å²) in [6.45, 7) is 8.42. The summed E-state index contributed by atoms with van der Waals surface area (Å²) in [5.41, 5.74) is 1.33. The van der Waals surface area contributed by atoms with Crippen LogP contribution >= 0.6 is 0 Å². The lowest BCUT2D eigenvalue weighted by Gasteiger charge is -2.32. The van der Waals surface area contributed by atoms with Crippen LogP contribution in [0.15, 0.2) is 0 Å². The summed E-state index contributed by atoms with van der Waals surface area (Å²) < 4.78 is 0. The molecule has 10 heteroatoms. The molecular formula is C18H34BN5O4. The molecule has 0 aromatic carbocycles. The highest BCUT2D eigenvalue weighted by Gasteiger charge is 2.27. The molecule has 0 aromatic heterocycles. The highest BCUT2D eigenvalue weighted by Crippen LogP contribution is 2.08. The molecule has 4 N–H and O–H groups in total. The molecule has 0 aliphatic carbocycles. The van der Waals surface area contributed by atoms with Crippen LogP contribution in [0, 0.1) is 5.92 Å². The van der Waals surface area contributed by atoms with E-state index in [1.807, 2.05) is 5.48 Å². The molecule has 2 atom stereocenters. The maximum Gasteiger partial charge on any atom is 0.242 e. The van der Waals surface area contributed by atoms with Gasteiger partial charge in [-0.2, -0.15) is 5.48 Å². The van der Waals surface area contributed by atoms with Gasteiger partial charge < -0.3 is 30.4 Å².